The Labute approximate surface area is 744 Å². The van der Waals surface area contributed by atoms with Gasteiger partial charge in [-0.1, -0.05) is 0 Å². The zero-order chi connectivity index (χ0) is 98.3. The minimum atomic E-state index is -4.24. The number of hydrogen-bond donors (Lipinski definition) is 27. The van der Waals surface area contributed by atoms with E-state index in [2.05, 4.69) is 0 Å². The van der Waals surface area contributed by atoms with Crippen LogP contribution in [0.25, 0.3) is 22.3 Å². The molecule has 0 spiro atoms. The lowest BCUT2D eigenvalue weighted by atomic mass is 9.70. The molecule has 0 amide bonds. The summed E-state index contributed by atoms with van der Waals surface area (Å²) >= 11 is 0. The Balaban J connectivity index is 0.773. The van der Waals surface area contributed by atoms with Crippen molar-refractivity contribution in [2.24, 2.45) is 0 Å². The molecule has 8 aromatic rings. The maximum atomic E-state index is 15.6. The van der Waals surface area contributed by atoms with Crippen LogP contribution in [0.2, 0.25) is 0 Å². The predicted octanol–water partition coefficient (Wildman–Crippen LogP) is -1.80. The standard InChI is InChI=1S/C82H54O54/c83-24-1-14(2-25(84)45(24)93)67(106)133-77-65-63-59(127-74(113)21-10-35(91)81(120)79(116,117)43(21)41-18(72(111)131-65)6-30(89)50(98)61(41)135-81)33(125-77)13-123-69(108)20-9-32(52(100)56(104)40(20)39-17(71(110)129-63)5-28(87)48(96)55(39)103)124-58-23(8-29(88)49(97)57(58)105)76(115)134-78-66-64-60(128-75(114)22-11-36(92)82(121)80(118,119)44(22)42-19(73(112)132-66)7-31(90)51(99)62(42)136-82)34(126-78)12-122-68(107)15-3-26(85)46(94)53(101)37(15)38-16(70(109)130-64)4-27(86)47(95)54(38)102/h1-11,33-34,43-44,59-60,63-66,77-78,83-90,93-105,116-121H,12-13H2/t33-,34-,43+,44+,59-,60-,63+,64+,65-,66-,77+,78+,81+,82+/m1/s1. The van der Waals surface area contributed by atoms with Gasteiger partial charge in [0, 0.05) is 45.5 Å². The van der Waals surface area contributed by atoms with Crippen LogP contribution >= 0.6 is 0 Å². The molecule has 8 aliphatic heterocycles. The van der Waals surface area contributed by atoms with Gasteiger partial charge in [0.05, 0.1) is 61.9 Å². The average molecular weight is 1900 g/mol. The molecule has 54 nitrogen and oxygen atoms in total. The van der Waals surface area contributed by atoms with Gasteiger partial charge in [0.15, 0.2) is 122 Å². The van der Waals surface area contributed by atoms with E-state index < -0.39 is 414 Å². The van der Waals surface area contributed by atoms with Gasteiger partial charge >= 0.3 is 71.3 Å². The third kappa shape index (κ3) is 12.7. The van der Waals surface area contributed by atoms with E-state index in [1.54, 1.807) is 0 Å². The molecule has 8 heterocycles. The Bertz CT molecular complexity index is 6950. The molecule has 18 rings (SSSR count). The van der Waals surface area contributed by atoms with Crippen LogP contribution < -0.4 is 14.2 Å². The van der Waals surface area contributed by atoms with Gasteiger partial charge < -0.3 is 209 Å². The number of carbonyl (C=O) groups is 12. The second-order valence-electron chi connectivity index (χ2n) is 31.1. The van der Waals surface area contributed by atoms with Crippen molar-refractivity contribution in [1.82, 2.24) is 0 Å². The number of benzene rings is 8. The fraction of sp³-hybridized carbons (Fsp3) is 0.220. The molecule has 0 unspecified atom stereocenters. The SMILES string of the molecule is O=C1O[C@H]2[C@@H]3OC(=O)c4cc(O)c(O)c(O)c4-c4c(cc(O)c(O)c4O)C(=O)OC[C@H]2O[C@@H](OC(=O)c2cc(O)c(O)c(O)c2Oc2cc4c(c(O)c2O)-c2c(cc(O)c(O)c2O)C(=O)O[C@@H]2[C@H]5OC(=O)c6cc(O)c(O)c7c6[C@@H]6C(=CC(=O)[C@](O)(O7)C6(O)O)C(=O)O[C@@H]2[C@@H](COC4=O)O[C@H]5OC(=O)c2cc(O)c(O)c(O)c2)[C@@H]3OC(=O)c2cc(O)c(O)c3c2[C@@H]2C1=CC(=O)[C@](O)(O3)C2(O)O. The first-order chi connectivity index (χ1) is 63.8. The van der Waals surface area contributed by atoms with Gasteiger partial charge in [0.25, 0.3) is 11.6 Å². The van der Waals surface area contributed by atoms with Gasteiger partial charge in [0.1, 0.15) is 31.0 Å². The molecule has 8 aromatic carbocycles. The number of aromatic hydroxyl groups is 21. The summed E-state index contributed by atoms with van der Waals surface area (Å²) in [5.41, 5.74) is -21.9. The smallest absolute Gasteiger partial charge is 0.344 e. The number of esters is 10. The van der Waals surface area contributed by atoms with Crippen molar-refractivity contribution < 1.29 is 266 Å². The van der Waals surface area contributed by atoms with Gasteiger partial charge in [-0.25, -0.2) is 47.9 Å². The number of rotatable bonds is 6. The maximum Gasteiger partial charge on any atom is 0.344 e. The molecule has 10 aliphatic rings. The molecule has 706 valence electrons. The lowest BCUT2D eigenvalue weighted by Crippen LogP contribution is -2.70. The molecule has 2 fully saturated rings. The van der Waals surface area contributed by atoms with Gasteiger partial charge in [-0.15, -0.1) is 0 Å². The van der Waals surface area contributed by atoms with Crippen LogP contribution in [0, 0.1) is 0 Å². The summed E-state index contributed by atoms with van der Waals surface area (Å²) in [6.45, 7) is -3.38. The minimum absolute atomic E-state index is 0.0623. The van der Waals surface area contributed by atoms with E-state index in [4.69, 9.17) is 71.1 Å². The Kier molecular flexibility index (Phi) is 19.7. The summed E-state index contributed by atoms with van der Waals surface area (Å²) < 4.78 is 85.5. The molecule has 136 heavy (non-hydrogen) atoms. The Hall–Kier alpha value is -17.8. The Morgan fingerprint density at radius 2 is 0.632 bits per heavy atom. The first kappa shape index (κ1) is 88.8. The normalized spacial score (nSPS) is 25.8. The second kappa shape index (κ2) is 30.1. The first-order valence-corrected chi connectivity index (χ1v) is 38.2. The third-order valence-corrected chi connectivity index (χ3v) is 23.4. The fourth-order valence-electron chi connectivity index (χ4n) is 16.8. The highest BCUT2D eigenvalue weighted by atomic mass is 16.8. The highest BCUT2D eigenvalue weighted by Gasteiger charge is 2.73. The molecule has 0 radical (unpaired) electrons. The van der Waals surface area contributed by atoms with Crippen LogP contribution in [-0.4, -0.2) is 307 Å². The largest absolute Gasteiger partial charge is 0.504 e. The highest BCUT2D eigenvalue weighted by molar-refractivity contribution is 6.13. The van der Waals surface area contributed by atoms with Crippen LogP contribution in [0.3, 0.4) is 0 Å². The number of hydrogen-bond acceptors (Lipinski definition) is 54. The number of phenols is 21. The second-order valence-corrected chi connectivity index (χ2v) is 31.1. The van der Waals surface area contributed by atoms with E-state index in [9.17, 15) is 157 Å². The van der Waals surface area contributed by atoms with E-state index in [-0.39, 0.29) is 54.6 Å². The molecule has 0 saturated carbocycles. The van der Waals surface area contributed by atoms with E-state index in [1.165, 1.54) is 0 Å². The molecular weight excluding hydrogens is 1850 g/mol. The van der Waals surface area contributed by atoms with Crippen molar-refractivity contribution in [2.75, 3.05) is 13.2 Å². The summed E-state index contributed by atoms with van der Waals surface area (Å²) in [5, 5.41) is 307. The quantitative estimate of drug-likeness (QED) is 0.0378. The highest BCUT2D eigenvalue weighted by Crippen LogP contribution is 2.64. The summed E-state index contributed by atoms with van der Waals surface area (Å²) in [6, 6.07) is 2.16. The van der Waals surface area contributed by atoms with Gasteiger partial charge in [-0.05, 0) is 54.6 Å². The molecule has 0 aromatic heterocycles. The number of cyclic esters (lactones) is 2. The van der Waals surface area contributed by atoms with Gasteiger partial charge in [-0.2, -0.15) is 0 Å². The Morgan fingerprint density at radius 1 is 0.316 bits per heavy atom. The number of phenolic OH excluding ortho intramolecular Hbond substituents is 21. The summed E-state index contributed by atoms with van der Waals surface area (Å²) in [6.07, 6.45) is -28.6. The van der Waals surface area contributed by atoms with E-state index >= 15 is 38.4 Å². The number of carbonyl (C=O) groups excluding carboxylic acids is 12. The third-order valence-electron chi connectivity index (χ3n) is 23.4. The van der Waals surface area contributed by atoms with Crippen molar-refractivity contribution in [3.8, 4) is 166 Å². The first-order valence-electron chi connectivity index (χ1n) is 38.2. The van der Waals surface area contributed by atoms with Crippen LogP contribution in [0.15, 0.2) is 77.9 Å². The monoisotopic (exact) mass is 1900 g/mol. The zero-order valence-corrected chi connectivity index (χ0v) is 66.3. The molecule has 2 aliphatic carbocycles. The Morgan fingerprint density at radius 3 is 1.04 bits per heavy atom. The van der Waals surface area contributed by atoms with Crippen molar-refractivity contribution in [3.63, 3.8) is 0 Å². The van der Waals surface area contributed by atoms with Crippen molar-refractivity contribution in [1.29, 1.82) is 0 Å². The van der Waals surface area contributed by atoms with Crippen molar-refractivity contribution in [2.45, 2.75) is 96.4 Å². The molecule has 27 N–H and O–H groups in total. The van der Waals surface area contributed by atoms with E-state index in [0.717, 1.165) is 0 Å². The van der Waals surface area contributed by atoms with Crippen LogP contribution in [0.4, 0.5) is 0 Å². The van der Waals surface area contributed by atoms with Crippen LogP contribution in [0.5, 0.6) is 144 Å². The number of ether oxygens (including phenoxy) is 15. The number of fused-ring (bicyclic) bond motifs is 8. The van der Waals surface area contributed by atoms with Gasteiger partial charge in [-0.3, -0.25) is 9.59 Å². The van der Waals surface area contributed by atoms with E-state index in [1.807, 2.05) is 0 Å². The average Bonchev–Trinajstić information content (AvgIpc) is 0.795. The fourth-order valence-corrected chi connectivity index (χ4v) is 16.8. The summed E-state index contributed by atoms with van der Waals surface area (Å²) in [4.78, 5) is 180. The summed E-state index contributed by atoms with van der Waals surface area (Å²) in [7, 11) is 0. The molecule has 14 atom stereocenters. The number of ketones is 2. The topological polar surface area (TPSA) is 890 Å². The minimum Gasteiger partial charge on any atom is -0.504 e. The van der Waals surface area contributed by atoms with E-state index in [0.29, 0.717) is 12.1 Å². The molecule has 2 saturated heterocycles. The lowest BCUT2D eigenvalue weighted by molar-refractivity contribution is -0.339. The molecular formula is C82H54O54. The van der Waals surface area contributed by atoms with Crippen LogP contribution in [0.1, 0.15) is 106 Å². The lowest BCUT2D eigenvalue weighted by Gasteiger charge is -2.49. The molecule has 12 bridgehead atoms. The predicted molar refractivity (Wildman–Crippen MR) is 407 cm³/mol. The number of aliphatic hydroxyl groups is 6. The maximum absolute atomic E-state index is 15.6. The van der Waals surface area contributed by atoms with Crippen molar-refractivity contribution in [3.05, 3.63) is 134 Å². The summed E-state index contributed by atoms with van der Waals surface area (Å²) in [5.74, 6) is -87.0. The zero-order valence-electron chi connectivity index (χ0n) is 66.3. The van der Waals surface area contributed by atoms with Crippen LogP contribution in [-0.2, 0) is 76.0 Å². The molecule has 54 heteroatoms. The van der Waals surface area contributed by atoms with Crippen molar-refractivity contribution >= 4 is 71.3 Å². The van der Waals surface area contributed by atoms with Gasteiger partial charge in [0.2, 0.25) is 82.4 Å².